The van der Waals surface area contributed by atoms with Gasteiger partial charge in [0.1, 0.15) is 29.4 Å². The number of hydrogen-bond acceptors (Lipinski definition) is 6. The maximum Gasteiger partial charge on any atom is 0.282 e. The molecule has 0 saturated carbocycles. The molecule has 1 N–H and O–H groups in total. The Morgan fingerprint density at radius 2 is 2.12 bits per heavy atom. The first kappa shape index (κ1) is 19.5. The number of nitriles is 1. The zero-order valence-corrected chi connectivity index (χ0v) is 18.1. The number of nitrogens with zero attached hydrogens (tertiary/aromatic N) is 7. The van der Waals surface area contributed by atoms with Crippen LogP contribution in [0, 0.1) is 11.3 Å². The molecule has 6 rings (SSSR count). The monoisotopic (exact) mass is 456 g/mol. The van der Waals surface area contributed by atoms with Crippen molar-refractivity contribution in [1.82, 2.24) is 29.1 Å². The molecule has 0 amide bonds. The first-order valence-corrected chi connectivity index (χ1v) is 10.9. The summed E-state index contributed by atoms with van der Waals surface area (Å²) >= 11 is 6.26. The van der Waals surface area contributed by atoms with Gasteiger partial charge in [0, 0.05) is 24.0 Å². The largest absolute Gasteiger partial charge is 0.346 e. The summed E-state index contributed by atoms with van der Waals surface area (Å²) in [4.78, 5) is 27.5. The van der Waals surface area contributed by atoms with Crippen LogP contribution in [0.2, 0.25) is 5.02 Å². The van der Waals surface area contributed by atoms with Gasteiger partial charge in [-0.15, -0.1) is 0 Å². The van der Waals surface area contributed by atoms with Gasteiger partial charge in [-0.05, 0) is 43.2 Å². The summed E-state index contributed by atoms with van der Waals surface area (Å²) in [5, 5.41) is 15.7. The van der Waals surface area contributed by atoms with Crippen molar-refractivity contribution >= 4 is 34.0 Å². The predicted molar refractivity (Wildman–Crippen MR) is 124 cm³/mol. The molecule has 1 fully saturated rings. The highest BCUT2D eigenvalue weighted by molar-refractivity contribution is 6.30. The van der Waals surface area contributed by atoms with Crippen LogP contribution in [0.15, 0.2) is 59.9 Å². The molecule has 5 aromatic rings. The van der Waals surface area contributed by atoms with Gasteiger partial charge in [0.2, 0.25) is 0 Å². The summed E-state index contributed by atoms with van der Waals surface area (Å²) < 4.78 is 3.24. The van der Waals surface area contributed by atoms with E-state index < -0.39 is 0 Å². The summed E-state index contributed by atoms with van der Waals surface area (Å²) in [6, 6.07) is 12.7. The molecule has 10 heteroatoms. The lowest BCUT2D eigenvalue weighted by atomic mass is 10.1. The molecule has 0 radical (unpaired) electrons. The second kappa shape index (κ2) is 7.46. The van der Waals surface area contributed by atoms with Crippen LogP contribution >= 0.6 is 11.6 Å². The molecule has 5 heterocycles. The number of H-pyrrole nitrogens is 1. The normalized spacial score (nSPS) is 16.0. The van der Waals surface area contributed by atoms with E-state index >= 15 is 0 Å². The van der Waals surface area contributed by atoms with Crippen LogP contribution in [0.3, 0.4) is 0 Å². The van der Waals surface area contributed by atoms with Crippen LogP contribution in [0.25, 0.3) is 22.2 Å². The highest BCUT2D eigenvalue weighted by atomic mass is 35.5. The number of aromatic nitrogens is 6. The number of fused-ring (bicyclic) bond motifs is 2. The number of rotatable bonds is 3. The van der Waals surface area contributed by atoms with Gasteiger partial charge in [0.05, 0.1) is 22.7 Å². The molecule has 1 aliphatic rings. The van der Waals surface area contributed by atoms with E-state index in [0.717, 1.165) is 12.8 Å². The molecule has 9 nitrogen and oxygen atoms in total. The lowest BCUT2D eigenvalue weighted by Crippen LogP contribution is -2.33. The van der Waals surface area contributed by atoms with Gasteiger partial charge in [0.25, 0.3) is 5.56 Å². The van der Waals surface area contributed by atoms with Gasteiger partial charge in [0.15, 0.2) is 5.82 Å². The minimum absolute atomic E-state index is 0.175. The minimum Gasteiger partial charge on any atom is -0.346 e. The van der Waals surface area contributed by atoms with Gasteiger partial charge in [-0.25, -0.2) is 14.5 Å². The first-order chi connectivity index (χ1) is 16.2. The fraction of sp³-hybridized carbons (Fsp3) is 0.174. The summed E-state index contributed by atoms with van der Waals surface area (Å²) in [5.41, 5.74) is 2.03. The number of hydrogen-bond donors (Lipinski definition) is 1. The van der Waals surface area contributed by atoms with Crippen LogP contribution in [0.4, 0.5) is 5.82 Å². The lowest BCUT2D eigenvalue weighted by molar-refractivity contribution is 0.602. The van der Waals surface area contributed by atoms with Crippen molar-refractivity contribution in [1.29, 1.82) is 5.26 Å². The summed E-state index contributed by atoms with van der Waals surface area (Å²) in [7, 11) is 0. The van der Waals surface area contributed by atoms with Gasteiger partial charge in [-0.1, -0.05) is 17.7 Å². The Morgan fingerprint density at radius 3 is 2.97 bits per heavy atom. The molecule has 0 bridgehead atoms. The molecular weight excluding hydrogens is 440 g/mol. The van der Waals surface area contributed by atoms with Crippen molar-refractivity contribution in [3.05, 3.63) is 81.9 Å². The number of halogens is 1. The number of nitrogens with one attached hydrogen (secondary N) is 1. The maximum absolute atomic E-state index is 13.6. The minimum atomic E-state index is -0.233. The van der Waals surface area contributed by atoms with E-state index in [-0.39, 0.29) is 11.6 Å². The van der Waals surface area contributed by atoms with Crippen LogP contribution < -0.4 is 10.5 Å². The van der Waals surface area contributed by atoms with E-state index in [1.807, 2.05) is 12.1 Å². The van der Waals surface area contributed by atoms with Crippen LogP contribution in [-0.2, 0) is 0 Å². The SMILES string of the molecule is N#Cc1c[nH]c2ncnc(N3CCC[C@H]3c3nn4cccc4c(=O)n3-c3cccc(Cl)c3)c12. The summed E-state index contributed by atoms with van der Waals surface area (Å²) in [6.07, 6.45) is 6.55. The zero-order valence-electron chi connectivity index (χ0n) is 17.3. The average Bonchev–Trinajstić information content (AvgIpc) is 3.57. The Balaban J connectivity index is 1.60. The van der Waals surface area contributed by atoms with Crippen molar-refractivity contribution < 1.29 is 0 Å². The first-order valence-electron chi connectivity index (χ1n) is 10.5. The topological polar surface area (TPSA) is 108 Å². The van der Waals surface area contributed by atoms with Crippen LogP contribution in [-0.4, -0.2) is 35.7 Å². The standard InChI is InChI=1S/C23H17ClN8O/c24-15-4-1-5-16(10-15)32-21(29-31-9-3-7-18(31)23(32)33)17-6-2-8-30(17)22-19-14(11-25)12-26-20(19)27-13-28-22/h1,3-5,7,9-10,12-13,17H,2,6,8H2,(H,26,27,28)/t17-/m0/s1. The fourth-order valence-corrected chi connectivity index (χ4v) is 4.81. The second-order valence-corrected chi connectivity index (χ2v) is 8.34. The smallest absolute Gasteiger partial charge is 0.282 e. The van der Waals surface area contributed by atoms with Crippen molar-refractivity contribution in [3.63, 3.8) is 0 Å². The molecule has 4 aromatic heterocycles. The Bertz CT molecular complexity index is 1630. The number of anilines is 1. The van der Waals surface area contributed by atoms with E-state index in [9.17, 15) is 10.1 Å². The second-order valence-electron chi connectivity index (χ2n) is 7.90. The fourth-order valence-electron chi connectivity index (χ4n) is 4.62. The average molecular weight is 457 g/mol. The van der Waals surface area contributed by atoms with Gasteiger partial charge >= 0.3 is 0 Å². The van der Waals surface area contributed by atoms with Crippen LogP contribution in [0.1, 0.15) is 30.3 Å². The van der Waals surface area contributed by atoms with E-state index in [2.05, 4.69) is 25.9 Å². The third-order valence-electron chi connectivity index (χ3n) is 6.05. The molecule has 1 aliphatic heterocycles. The lowest BCUT2D eigenvalue weighted by Gasteiger charge is -2.27. The molecule has 0 unspecified atom stereocenters. The Morgan fingerprint density at radius 1 is 1.21 bits per heavy atom. The Kier molecular flexibility index (Phi) is 4.41. The van der Waals surface area contributed by atoms with Crippen molar-refractivity contribution in [2.24, 2.45) is 0 Å². The van der Waals surface area contributed by atoms with E-state index in [0.29, 0.717) is 51.0 Å². The Labute approximate surface area is 192 Å². The third-order valence-corrected chi connectivity index (χ3v) is 6.28. The molecule has 0 spiro atoms. The summed E-state index contributed by atoms with van der Waals surface area (Å²) in [5.74, 6) is 1.24. The van der Waals surface area contributed by atoms with Gasteiger partial charge in [-0.3, -0.25) is 9.36 Å². The molecular formula is C23H17ClN8O. The molecule has 1 atom stereocenters. The third kappa shape index (κ3) is 2.99. The van der Waals surface area contributed by atoms with E-state index in [1.165, 1.54) is 6.33 Å². The van der Waals surface area contributed by atoms with Crippen molar-refractivity contribution in [2.75, 3.05) is 11.4 Å². The van der Waals surface area contributed by atoms with Crippen LogP contribution in [0.5, 0.6) is 0 Å². The quantitative estimate of drug-likeness (QED) is 0.444. The molecule has 162 valence electrons. The van der Waals surface area contributed by atoms with E-state index in [4.69, 9.17) is 16.7 Å². The molecule has 1 aromatic carbocycles. The molecule has 1 saturated heterocycles. The molecule has 0 aliphatic carbocycles. The summed E-state index contributed by atoms with van der Waals surface area (Å²) in [6.45, 7) is 0.710. The van der Waals surface area contributed by atoms with Gasteiger partial charge < -0.3 is 9.88 Å². The highest BCUT2D eigenvalue weighted by Gasteiger charge is 2.34. The van der Waals surface area contributed by atoms with Gasteiger partial charge in [-0.2, -0.15) is 10.4 Å². The zero-order chi connectivity index (χ0) is 22.5. The Hall–Kier alpha value is -4.16. The number of aromatic amines is 1. The van der Waals surface area contributed by atoms with Crippen molar-refractivity contribution in [3.8, 4) is 11.8 Å². The maximum atomic E-state index is 13.6. The highest BCUT2D eigenvalue weighted by Crippen LogP contribution is 2.38. The number of benzene rings is 1. The van der Waals surface area contributed by atoms with E-state index in [1.54, 1.807) is 45.7 Å². The van der Waals surface area contributed by atoms with Crippen molar-refractivity contribution in [2.45, 2.75) is 18.9 Å². The predicted octanol–water partition coefficient (Wildman–Crippen LogP) is 3.62. The molecule has 33 heavy (non-hydrogen) atoms.